The van der Waals surface area contributed by atoms with Gasteiger partial charge in [-0.2, -0.15) is 0 Å². The second-order valence-electron chi connectivity index (χ2n) is 15.6. The normalized spacial score (nSPS) is 25.8. The van der Waals surface area contributed by atoms with Gasteiger partial charge in [-0.1, -0.05) is 66.7 Å². The van der Waals surface area contributed by atoms with Crippen molar-refractivity contribution < 1.29 is 0 Å². The maximum Gasteiger partial charge on any atom is 0.252 e. The first-order valence-electron chi connectivity index (χ1n) is 17.8. The molecule has 4 saturated carbocycles. The molecular weight excluding hydrogens is 555 g/mol. The van der Waals surface area contributed by atoms with Crippen molar-refractivity contribution in [2.24, 2.45) is 17.8 Å². The van der Waals surface area contributed by atoms with E-state index in [9.17, 15) is 0 Å². The minimum Gasteiger partial charge on any atom is -0.311 e. The van der Waals surface area contributed by atoms with Gasteiger partial charge < -0.3 is 9.80 Å². The van der Waals surface area contributed by atoms with E-state index in [0.717, 1.165) is 24.2 Å². The van der Waals surface area contributed by atoms with E-state index >= 15 is 0 Å². The van der Waals surface area contributed by atoms with E-state index in [0.29, 0.717) is 5.41 Å². The van der Waals surface area contributed by atoms with E-state index in [2.05, 4.69) is 120 Å². The Morgan fingerprint density at radius 2 is 1.26 bits per heavy atom. The summed E-state index contributed by atoms with van der Waals surface area (Å²) in [5.41, 5.74) is 18.8. The molecule has 224 valence electrons. The number of anilines is 6. The first kappa shape index (κ1) is 25.9. The smallest absolute Gasteiger partial charge is 0.252 e. The fourth-order valence-electron chi connectivity index (χ4n) is 11.5. The Balaban J connectivity index is 1.19. The molecule has 0 atom stereocenters. The number of nitrogens with zero attached hydrogens (tertiary/aromatic N) is 2. The van der Waals surface area contributed by atoms with Crippen molar-refractivity contribution in [1.82, 2.24) is 0 Å². The van der Waals surface area contributed by atoms with E-state index in [-0.39, 0.29) is 6.71 Å². The van der Waals surface area contributed by atoms with Crippen LogP contribution in [0.15, 0.2) is 103 Å². The minimum absolute atomic E-state index is 0.214. The third kappa shape index (κ3) is 3.39. The van der Waals surface area contributed by atoms with Crippen molar-refractivity contribution in [2.45, 2.75) is 63.7 Å². The molecule has 0 aromatic heterocycles. The number of benzene rings is 5. The van der Waals surface area contributed by atoms with Gasteiger partial charge in [0.2, 0.25) is 0 Å². The Labute approximate surface area is 273 Å². The number of aryl methyl sites for hydroxylation is 2. The van der Waals surface area contributed by atoms with Crippen LogP contribution in [0.5, 0.6) is 0 Å². The molecule has 0 amide bonds. The van der Waals surface area contributed by atoms with E-state index in [1.54, 1.807) is 11.1 Å². The van der Waals surface area contributed by atoms with Gasteiger partial charge >= 0.3 is 0 Å². The summed E-state index contributed by atoms with van der Waals surface area (Å²) < 4.78 is 0. The highest BCUT2D eigenvalue weighted by atomic mass is 15.2. The Morgan fingerprint density at radius 3 is 1.98 bits per heavy atom. The maximum atomic E-state index is 2.70. The van der Waals surface area contributed by atoms with Crippen molar-refractivity contribution in [3.05, 3.63) is 125 Å². The summed E-state index contributed by atoms with van der Waals surface area (Å²) in [6.45, 7) is 2.52. The zero-order valence-electron chi connectivity index (χ0n) is 26.7. The summed E-state index contributed by atoms with van der Waals surface area (Å²) in [7, 11) is 0. The summed E-state index contributed by atoms with van der Waals surface area (Å²) in [5.74, 6) is 2.74. The van der Waals surface area contributed by atoms with Crippen molar-refractivity contribution >= 4 is 57.2 Å². The molecule has 0 N–H and O–H groups in total. The number of fused-ring (bicyclic) bond motifs is 6. The van der Waals surface area contributed by atoms with Gasteiger partial charge in [-0.15, -0.1) is 0 Å². The molecule has 12 rings (SSSR count). The quantitative estimate of drug-likeness (QED) is 0.189. The van der Waals surface area contributed by atoms with E-state index in [1.165, 1.54) is 107 Å². The molecule has 46 heavy (non-hydrogen) atoms. The fourth-order valence-corrected chi connectivity index (χ4v) is 11.5. The number of hydrogen-bond donors (Lipinski definition) is 0. The Morgan fingerprint density at radius 1 is 0.609 bits per heavy atom. The molecule has 5 aromatic rings. The minimum atomic E-state index is 0.214. The van der Waals surface area contributed by atoms with Gasteiger partial charge in [-0.3, -0.25) is 0 Å². The lowest BCUT2D eigenvalue weighted by molar-refractivity contribution is -0.00491. The van der Waals surface area contributed by atoms with Gasteiger partial charge in [0.25, 0.3) is 6.71 Å². The van der Waals surface area contributed by atoms with Gasteiger partial charge in [0.1, 0.15) is 0 Å². The number of para-hydroxylation sites is 3. The van der Waals surface area contributed by atoms with Crippen molar-refractivity contribution in [3.63, 3.8) is 0 Å². The lowest BCUT2D eigenvalue weighted by Gasteiger charge is -2.58. The van der Waals surface area contributed by atoms with Crippen LogP contribution in [-0.2, 0) is 18.3 Å². The third-order valence-electron chi connectivity index (χ3n) is 12.9. The van der Waals surface area contributed by atoms with Crippen LogP contribution in [0.3, 0.4) is 0 Å². The lowest BCUT2D eigenvalue weighted by Crippen LogP contribution is -2.62. The zero-order valence-corrected chi connectivity index (χ0v) is 26.7. The molecule has 5 aromatic carbocycles. The van der Waals surface area contributed by atoms with Crippen LogP contribution >= 0.6 is 0 Å². The predicted molar refractivity (Wildman–Crippen MR) is 192 cm³/mol. The molecule has 0 unspecified atom stereocenters. The second-order valence-corrected chi connectivity index (χ2v) is 15.6. The van der Waals surface area contributed by atoms with Crippen LogP contribution in [0.2, 0.25) is 0 Å². The lowest BCUT2D eigenvalue weighted by atomic mass is 9.33. The third-order valence-corrected chi connectivity index (χ3v) is 12.9. The predicted octanol–water partition coefficient (Wildman–Crippen LogP) is 8.64. The molecule has 5 aliphatic carbocycles. The molecule has 2 heterocycles. The van der Waals surface area contributed by atoms with Gasteiger partial charge in [0, 0.05) is 34.1 Å². The molecule has 4 fully saturated rings. The molecule has 3 heteroatoms. The highest BCUT2D eigenvalue weighted by Gasteiger charge is 2.53. The van der Waals surface area contributed by atoms with Gasteiger partial charge in [0.15, 0.2) is 0 Å². The fraction of sp³-hybridized carbons (Fsp3) is 0.302. The molecular formula is C43H39BN2. The largest absolute Gasteiger partial charge is 0.311 e. The molecule has 0 radical (unpaired) electrons. The summed E-state index contributed by atoms with van der Waals surface area (Å²) in [6, 6.07) is 39.9. The van der Waals surface area contributed by atoms with Crippen molar-refractivity contribution in [2.75, 3.05) is 9.80 Å². The molecule has 4 bridgehead atoms. The number of rotatable bonds is 3. The molecule has 2 aliphatic heterocycles. The first-order chi connectivity index (χ1) is 22.6. The Kier molecular flexibility index (Phi) is 5.17. The SMILES string of the molecule is Cc1cc2c3c(c1)N(c1ccccc1)c1c(ccc4c1CC4)B3c1ccccc1N2c1ccccc1C12CC3CC(CC(C3)C1)C2. The van der Waals surface area contributed by atoms with Gasteiger partial charge in [0.05, 0.1) is 0 Å². The summed E-state index contributed by atoms with van der Waals surface area (Å²) in [6.07, 6.45) is 10.9. The highest BCUT2D eigenvalue weighted by Crippen LogP contribution is 2.62. The average Bonchev–Trinajstić information content (AvgIpc) is 3.04. The van der Waals surface area contributed by atoms with E-state index in [4.69, 9.17) is 0 Å². The molecule has 2 nitrogen and oxygen atoms in total. The molecule has 7 aliphatic rings. The first-order valence-corrected chi connectivity index (χ1v) is 17.8. The monoisotopic (exact) mass is 594 g/mol. The summed E-state index contributed by atoms with van der Waals surface area (Å²) in [4.78, 5) is 5.31. The Hall–Kier alpha value is -4.24. The maximum absolute atomic E-state index is 2.70. The van der Waals surface area contributed by atoms with Crippen molar-refractivity contribution in [1.29, 1.82) is 0 Å². The van der Waals surface area contributed by atoms with E-state index in [1.807, 2.05) is 0 Å². The second kappa shape index (κ2) is 9.19. The van der Waals surface area contributed by atoms with Crippen LogP contribution in [-0.4, -0.2) is 6.71 Å². The average molecular weight is 595 g/mol. The van der Waals surface area contributed by atoms with Crippen molar-refractivity contribution in [3.8, 4) is 0 Å². The highest BCUT2D eigenvalue weighted by molar-refractivity contribution is 7.00. The zero-order chi connectivity index (χ0) is 30.1. The van der Waals surface area contributed by atoms with Crippen LogP contribution in [0.4, 0.5) is 34.1 Å². The summed E-state index contributed by atoms with van der Waals surface area (Å²) >= 11 is 0. The van der Waals surface area contributed by atoms with Crippen LogP contribution in [0.25, 0.3) is 0 Å². The number of hydrogen-bond acceptors (Lipinski definition) is 2. The molecule has 0 spiro atoms. The van der Waals surface area contributed by atoms with Crippen LogP contribution in [0, 0.1) is 24.7 Å². The standard InChI is InChI=1S/C43H39BN2/c1-27-19-39-41-40(20-27)46(37-13-7-5-11-34(37)43-24-28-21-29(25-43)23-30(22-28)26-43)38-14-8-6-12-35(38)44(41)36-18-16-31-15-17-33(31)42(36)45(39)32-9-3-2-4-10-32/h2-14,16,18-20,28-30H,15,17,21-26H2,1H3. The van der Waals surface area contributed by atoms with Crippen LogP contribution in [0.1, 0.15) is 60.8 Å². The molecule has 0 saturated heterocycles. The Bertz CT molecular complexity index is 2040. The van der Waals surface area contributed by atoms with Gasteiger partial charge in [-0.05, 0) is 156 Å². The topological polar surface area (TPSA) is 6.48 Å². The van der Waals surface area contributed by atoms with Crippen LogP contribution < -0.4 is 26.2 Å². The van der Waals surface area contributed by atoms with Gasteiger partial charge in [-0.25, -0.2) is 0 Å². The van der Waals surface area contributed by atoms with E-state index < -0.39 is 0 Å². The summed E-state index contributed by atoms with van der Waals surface area (Å²) in [5, 5.41) is 0.